The first kappa shape index (κ1) is 27.8. The lowest BCUT2D eigenvalue weighted by Crippen LogP contribution is -2.47. The van der Waals surface area contributed by atoms with Gasteiger partial charge in [0.1, 0.15) is 22.8 Å². The second kappa shape index (κ2) is 10.8. The number of likely N-dealkylation sites (N-methyl/N-ethyl adjacent to an activating group) is 1. The molecule has 12 nitrogen and oxygen atoms in total. The van der Waals surface area contributed by atoms with E-state index >= 15 is 0 Å². The zero-order valence-electron chi connectivity index (χ0n) is 24.6. The predicted molar refractivity (Wildman–Crippen MR) is 158 cm³/mol. The van der Waals surface area contributed by atoms with Crippen LogP contribution in [0, 0.1) is 13.8 Å². The fourth-order valence-electron chi connectivity index (χ4n) is 5.98. The number of hydrogen-bond donors (Lipinski definition) is 2. The molecule has 0 radical (unpaired) electrons. The standard InChI is InChI=1S/C30H36N8O4/c1-6-37-16-30(4,5)42-26-24(27(37)39)25(35-28(36-26)38-21-11-12-22(38)15-41-14-21)19-7-9-20(10-8-19)33-29(40)34-23-13-17(2)31-18(3)32-23/h7-10,13,21-22H,6,11-12,14-16H2,1-5H3,(H2,31,32,33,34,40). The Balaban J connectivity index is 1.35. The summed E-state index contributed by atoms with van der Waals surface area (Å²) in [6, 6.07) is 8.89. The minimum Gasteiger partial charge on any atom is -0.469 e. The fraction of sp³-hybridized carbons (Fsp3) is 0.467. The number of anilines is 3. The van der Waals surface area contributed by atoms with Gasteiger partial charge in [0.05, 0.1) is 37.5 Å². The van der Waals surface area contributed by atoms with E-state index in [0.717, 1.165) is 24.1 Å². The lowest BCUT2D eigenvalue weighted by Gasteiger charge is -2.35. The van der Waals surface area contributed by atoms with Gasteiger partial charge in [-0.2, -0.15) is 4.98 Å². The van der Waals surface area contributed by atoms with Crippen LogP contribution in [0.15, 0.2) is 30.3 Å². The maximum Gasteiger partial charge on any atom is 0.324 e. The van der Waals surface area contributed by atoms with Crippen LogP contribution in [0.2, 0.25) is 0 Å². The van der Waals surface area contributed by atoms with Gasteiger partial charge < -0.3 is 24.6 Å². The van der Waals surface area contributed by atoms with E-state index in [9.17, 15) is 9.59 Å². The fourth-order valence-corrected chi connectivity index (χ4v) is 5.98. The number of benzene rings is 1. The molecule has 2 saturated heterocycles. The number of amides is 3. The number of carbonyl (C=O) groups excluding carboxylic acids is 2. The van der Waals surface area contributed by atoms with Crippen LogP contribution < -0.4 is 20.3 Å². The van der Waals surface area contributed by atoms with E-state index in [-0.39, 0.29) is 18.0 Å². The summed E-state index contributed by atoms with van der Waals surface area (Å²) in [5.74, 6) is 1.67. The Morgan fingerprint density at radius 1 is 1.02 bits per heavy atom. The van der Waals surface area contributed by atoms with Crippen molar-refractivity contribution in [2.45, 2.75) is 65.1 Å². The number of aryl methyl sites for hydroxylation is 2. The molecule has 0 aliphatic carbocycles. The zero-order valence-corrected chi connectivity index (χ0v) is 24.6. The third-order valence-corrected chi connectivity index (χ3v) is 7.79. The number of nitrogens with one attached hydrogen (secondary N) is 2. The van der Waals surface area contributed by atoms with Crippen LogP contribution in [0.4, 0.5) is 22.2 Å². The maximum absolute atomic E-state index is 13.9. The van der Waals surface area contributed by atoms with E-state index in [4.69, 9.17) is 19.4 Å². The van der Waals surface area contributed by atoms with Crippen LogP contribution in [-0.2, 0) is 4.74 Å². The molecule has 6 rings (SSSR count). The summed E-state index contributed by atoms with van der Waals surface area (Å²) in [6.07, 6.45) is 2.01. The van der Waals surface area contributed by atoms with E-state index in [1.807, 2.05) is 39.8 Å². The summed E-state index contributed by atoms with van der Waals surface area (Å²) in [5, 5.41) is 5.58. The molecule has 0 spiro atoms. The maximum atomic E-state index is 13.9. The summed E-state index contributed by atoms with van der Waals surface area (Å²) in [6.45, 7) is 11.7. The van der Waals surface area contributed by atoms with Crippen molar-refractivity contribution in [3.8, 4) is 17.1 Å². The third kappa shape index (κ3) is 5.46. The second-order valence-electron chi connectivity index (χ2n) is 11.7. The summed E-state index contributed by atoms with van der Waals surface area (Å²) in [7, 11) is 0. The Labute approximate surface area is 244 Å². The average Bonchev–Trinajstić information content (AvgIpc) is 3.12. The summed E-state index contributed by atoms with van der Waals surface area (Å²) < 4.78 is 12.2. The molecule has 2 atom stereocenters. The highest BCUT2D eigenvalue weighted by molar-refractivity contribution is 6.03. The smallest absolute Gasteiger partial charge is 0.324 e. The van der Waals surface area contributed by atoms with Crippen molar-refractivity contribution >= 4 is 29.4 Å². The quantitative estimate of drug-likeness (QED) is 0.461. The highest BCUT2D eigenvalue weighted by atomic mass is 16.5. The first-order chi connectivity index (χ1) is 20.1. The number of fused-ring (bicyclic) bond motifs is 3. The zero-order chi connectivity index (χ0) is 29.6. The summed E-state index contributed by atoms with van der Waals surface area (Å²) in [5.41, 5.74) is 2.27. The van der Waals surface area contributed by atoms with Gasteiger partial charge in [0.25, 0.3) is 5.91 Å². The van der Waals surface area contributed by atoms with Gasteiger partial charge in [-0.05, 0) is 59.6 Å². The van der Waals surface area contributed by atoms with Gasteiger partial charge in [0.15, 0.2) is 0 Å². The molecule has 3 aliphatic heterocycles. The van der Waals surface area contributed by atoms with Gasteiger partial charge in [-0.3, -0.25) is 10.1 Å². The molecule has 42 heavy (non-hydrogen) atoms. The Bertz CT molecular complexity index is 1490. The number of nitrogens with zero attached hydrogens (tertiary/aromatic N) is 6. The van der Waals surface area contributed by atoms with Crippen LogP contribution in [0.3, 0.4) is 0 Å². The molecule has 2 fully saturated rings. The molecule has 220 valence electrons. The molecule has 1 aromatic carbocycles. The lowest BCUT2D eigenvalue weighted by molar-refractivity contribution is 0.0540. The highest BCUT2D eigenvalue weighted by Gasteiger charge is 2.42. The van der Waals surface area contributed by atoms with E-state index in [1.165, 1.54) is 0 Å². The number of aromatic nitrogens is 4. The van der Waals surface area contributed by atoms with Gasteiger partial charge >= 0.3 is 6.03 Å². The first-order valence-electron chi connectivity index (χ1n) is 14.4. The van der Waals surface area contributed by atoms with E-state index < -0.39 is 11.6 Å². The molecule has 12 heteroatoms. The number of rotatable bonds is 5. The van der Waals surface area contributed by atoms with Crippen LogP contribution in [0.5, 0.6) is 5.88 Å². The molecular weight excluding hydrogens is 536 g/mol. The van der Waals surface area contributed by atoms with Gasteiger partial charge in [0, 0.05) is 29.6 Å². The Morgan fingerprint density at radius 3 is 2.40 bits per heavy atom. The lowest BCUT2D eigenvalue weighted by atomic mass is 10.0. The average molecular weight is 573 g/mol. The summed E-state index contributed by atoms with van der Waals surface area (Å²) >= 11 is 0. The monoisotopic (exact) mass is 572 g/mol. The van der Waals surface area contributed by atoms with Crippen molar-refractivity contribution in [1.82, 2.24) is 24.8 Å². The first-order valence-corrected chi connectivity index (χ1v) is 14.4. The molecule has 3 aromatic rings. The van der Waals surface area contributed by atoms with Gasteiger partial charge in [-0.15, -0.1) is 0 Å². The highest BCUT2D eigenvalue weighted by Crippen LogP contribution is 2.39. The van der Waals surface area contributed by atoms with Crippen LogP contribution in [-0.4, -0.2) is 80.8 Å². The SMILES string of the molecule is CCN1CC(C)(C)Oc2nc(N3C4CCC3COC4)nc(-c3ccc(NC(=O)Nc4cc(C)nc(C)n4)cc3)c2C1=O. The Morgan fingerprint density at radius 2 is 1.74 bits per heavy atom. The minimum absolute atomic E-state index is 0.165. The topological polar surface area (TPSA) is 135 Å². The molecule has 3 aliphatic rings. The van der Waals surface area contributed by atoms with Crippen molar-refractivity contribution in [3.05, 3.63) is 47.4 Å². The van der Waals surface area contributed by atoms with Crippen molar-refractivity contribution < 1.29 is 19.1 Å². The largest absolute Gasteiger partial charge is 0.469 e. The number of morpholine rings is 1. The van der Waals surface area contributed by atoms with Crippen LogP contribution in [0.1, 0.15) is 55.5 Å². The van der Waals surface area contributed by atoms with Gasteiger partial charge in [-0.1, -0.05) is 12.1 Å². The minimum atomic E-state index is -0.633. The van der Waals surface area contributed by atoms with Crippen molar-refractivity contribution in [1.29, 1.82) is 0 Å². The van der Waals surface area contributed by atoms with E-state index in [2.05, 4.69) is 25.5 Å². The van der Waals surface area contributed by atoms with E-state index in [1.54, 1.807) is 30.0 Å². The number of carbonyl (C=O) groups is 2. The molecular formula is C30H36N8O4. The number of hydrogen-bond acceptors (Lipinski definition) is 9. The second-order valence-corrected chi connectivity index (χ2v) is 11.7. The summed E-state index contributed by atoms with van der Waals surface area (Å²) in [4.78, 5) is 48.9. The molecule has 2 aromatic heterocycles. The van der Waals surface area contributed by atoms with Crippen molar-refractivity contribution in [3.63, 3.8) is 0 Å². The normalized spacial score (nSPS) is 20.9. The predicted octanol–water partition coefficient (Wildman–Crippen LogP) is 4.20. The number of ether oxygens (including phenoxy) is 2. The Hall–Kier alpha value is -4.32. The van der Waals surface area contributed by atoms with Gasteiger partial charge in [0.2, 0.25) is 11.8 Å². The number of urea groups is 1. The van der Waals surface area contributed by atoms with Crippen molar-refractivity contribution in [2.24, 2.45) is 0 Å². The van der Waals surface area contributed by atoms with E-state index in [0.29, 0.717) is 66.7 Å². The Kier molecular flexibility index (Phi) is 7.17. The molecule has 3 amide bonds. The van der Waals surface area contributed by atoms with Crippen LogP contribution >= 0.6 is 0 Å². The van der Waals surface area contributed by atoms with Crippen molar-refractivity contribution in [2.75, 3.05) is 41.8 Å². The molecule has 0 saturated carbocycles. The third-order valence-electron chi connectivity index (χ3n) is 7.79. The van der Waals surface area contributed by atoms with Gasteiger partial charge in [-0.25, -0.2) is 19.7 Å². The molecule has 2 unspecified atom stereocenters. The molecule has 2 bridgehead atoms. The molecule has 2 N–H and O–H groups in total. The molecule has 5 heterocycles. The van der Waals surface area contributed by atoms with Crippen LogP contribution in [0.25, 0.3) is 11.3 Å².